The SMILES string of the molecule is CCCN(CCC)C(=O)CN1C(=O)C(C)(C)Nc2ccccc21. The van der Waals surface area contributed by atoms with E-state index in [-0.39, 0.29) is 18.4 Å². The first-order valence-electron chi connectivity index (χ1n) is 8.37. The first kappa shape index (κ1) is 17.3. The maximum Gasteiger partial charge on any atom is 0.252 e. The third kappa shape index (κ3) is 3.66. The van der Waals surface area contributed by atoms with Crippen LogP contribution in [0.5, 0.6) is 0 Å². The fraction of sp³-hybridized carbons (Fsp3) is 0.556. The number of carbonyl (C=O) groups excluding carboxylic acids is 2. The second kappa shape index (κ2) is 7.02. The molecule has 1 aromatic rings. The van der Waals surface area contributed by atoms with Gasteiger partial charge >= 0.3 is 0 Å². The van der Waals surface area contributed by atoms with Crippen molar-refractivity contribution in [2.24, 2.45) is 0 Å². The second-order valence-corrected chi connectivity index (χ2v) is 6.54. The van der Waals surface area contributed by atoms with Crippen LogP contribution < -0.4 is 10.2 Å². The lowest BCUT2D eigenvalue weighted by Crippen LogP contribution is -2.56. The molecule has 0 bridgehead atoms. The Morgan fingerprint density at radius 1 is 1.17 bits per heavy atom. The number of rotatable bonds is 6. The largest absolute Gasteiger partial charge is 0.370 e. The number of para-hydroxylation sites is 2. The summed E-state index contributed by atoms with van der Waals surface area (Å²) in [6, 6.07) is 7.64. The normalized spacial score (nSPS) is 15.8. The predicted molar refractivity (Wildman–Crippen MR) is 93.7 cm³/mol. The molecule has 0 saturated heterocycles. The highest BCUT2D eigenvalue weighted by molar-refractivity contribution is 6.09. The lowest BCUT2D eigenvalue weighted by molar-refractivity contribution is -0.132. The molecule has 0 unspecified atom stereocenters. The minimum absolute atomic E-state index is 0.00885. The highest BCUT2D eigenvalue weighted by Crippen LogP contribution is 2.34. The van der Waals surface area contributed by atoms with Gasteiger partial charge in [-0.3, -0.25) is 14.5 Å². The topological polar surface area (TPSA) is 52.7 Å². The number of hydrogen-bond donors (Lipinski definition) is 1. The van der Waals surface area contributed by atoms with Crippen LogP contribution >= 0.6 is 0 Å². The summed E-state index contributed by atoms with van der Waals surface area (Å²) in [6.45, 7) is 9.38. The Kier molecular flexibility index (Phi) is 5.29. The van der Waals surface area contributed by atoms with Crippen molar-refractivity contribution in [3.63, 3.8) is 0 Å². The Bertz CT molecular complexity index is 577. The van der Waals surface area contributed by atoms with E-state index in [9.17, 15) is 9.59 Å². The molecule has 0 fully saturated rings. The summed E-state index contributed by atoms with van der Waals surface area (Å²) in [5.74, 6) is -0.0629. The molecule has 0 aromatic heterocycles. The van der Waals surface area contributed by atoms with E-state index in [2.05, 4.69) is 19.2 Å². The maximum absolute atomic E-state index is 12.8. The molecule has 1 heterocycles. The molecule has 1 aliphatic heterocycles. The number of nitrogens with zero attached hydrogens (tertiary/aromatic N) is 2. The van der Waals surface area contributed by atoms with Crippen molar-refractivity contribution in [1.29, 1.82) is 0 Å². The van der Waals surface area contributed by atoms with Crippen LogP contribution in [0.3, 0.4) is 0 Å². The van der Waals surface area contributed by atoms with Crippen molar-refractivity contribution in [1.82, 2.24) is 4.90 Å². The summed E-state index contributed by atoms with van der Waals surface area (Å²) in [4.78, 5) is 28.9. The molecule has 0 spiro atoms. The molecule has 2 rings (SSSR count). The lowest BCUT2D eigenvalue weighted by atomic mass is 9.98. The summed E-state index contributed by atoms with van der Waals surface area (Å²) in [5.41, 5.74) is 0.954. The fourth-order valence-corrected chi connectivity index (χ4v) is 2.94. The zero-order valence-electron chi connectivity index (χ0n) is 14.6. The lowest BCUT2D eigenvalue weighted by Gasteiger charge is -2.40. The molecule has 5 heteroatoms. The van der Waals surface area contributed by atoms with E-state index in [0.717, 1.165) is 37.3 Å². The number of hydrogen-bond acceptors (Lipinski definition) is 3. The van der Waals surface area contributed by atoms with E-state index in [1.807, 2.05) is 43.0 Å². The van der Waals surface area contributed by atoms with Gasteiger partial charge in [0.25, 0.3) is 5.91 Å². The van der Waals surface area contributed by atoms with Crippen LogP contribution in [-0.4, -0.2) is 41.9 Å². The van der Waals surface area contributed by atoms with Crippen LogP contribution in [0.1, 0.15) is 40.5 Å². The molecule has 2 amide bonds. The average molecular weight is 317 g/mol. The predicted octanol–water partition coefficient (Wildman–Crippen LogP) is 2.87. The van der Waals surface area contributed by atoms with E-state index in [1.54, 1.807) is 4.90 Å². The number of amides is 2. The third-order valence-electron chi connectivity index (χ3n) is 4.05. The van der Waals surface area contributed by atoms with Crippen LogP contribution in [0, 0.1) is 0 Å². The van der Waals surface area contributed by atoms with Gasteiger partial charge in [0.1, 0.15) is 12.1 Å². The monoisotopic (exact) mass is 317 g/mol. The Morgan fingerprint density at radius 3 is 2.39 bits per heavy atom. The molecule has 0 atom stereocenters. The molecule has 23 heavy (non-hydrogen) atoms. The molecule has 0 aliphatic carbocycles. The van der Waals surface area contributed by atoms with Crippen molar-refractivity contribution < 1.29 is 9.59 Å². The maximum atomic E-state index is 12.8. The Hall–Kier alpha value is -2.04. The van der Waals surface area contributed by atoms with Gasteiger partial charge in [0.05, 0.1) is 11.4 Å². The van der Waals surface area contributed by atoms with Crippen LogP contribution in [0.4, 0.5) is 11.4 Å². The van der Waals surface area contributed by atoms with Gasteiger partial charge in [-0.2, -0.15) is 0 Å². The number of carbonyl (C=O) groups is 2. The molecule has 1 aliphatic rings. The van der Waals surface area contributed by atoms with Crippen molar-refractivity contribution in [2.75, 3.05) is 29.9 Å². The minimum Gasteiger partial charge on any atom is -0.370 e. The van der Waals surface area contributed by atoms with Crippen molar-refractivity contribution in [3.8, 4) is 0 Å². The van der Waals surface area contributed by atoms with Crippen molar-refractivity contribution in [2.45, 2.75) is 46.1 Å². The van der Waals surface area contributed by atoms with Crippen LogP contribution in [0.2, 0.25) is 0 Å². The summed E-state index contributed by atoms with van der Waals surface area (Å²) in [6.07, 6.45) is 1.84. The summed E-state index contributed by atoms with van der Waals surface area (Å²) in [7, 11) is 0. The van der Waals surface area contributed by atoms with Crippen molar-refractivity contribution >= 4 is 23.2 Å². The average Bonchev–Trinajstić information content (AvgIpc) is 2.51. The van der Waals surface area contributed by atoms with E-state index in [1.165, 1.54) is 0 Å². The molecule has 1 N–H and O–H groups in total. The first-order valence-corrected chi connectivity index (χ1v) is 8.37. The smallest absolute Gasteiger partial charge is 0.252 e. The highest BCUT2D eigenvalue weighted by atomic mass is 16.2. The molecular formula is C18H27N3O2. The van der Waals surface area contributed by atoms with Crippen LogP contribution in [0.15, 0.2) is 24.3 Å². The summed E-state index contributed by atoms with van der Waals surface area (Å²) in [5, 5.41) is 3.25. The fourth-order valence-electron chi connectivity index (χ4n) is 2.94. The zero-order chi connectivity index (χ0) is 17.0. The summed E-state index contributed by atoms with van der Waals surface area (Å²) >= 11 is 0. The highest BCUT2D eigenvalue weighted by Gasteiger charge is 2.39. The molecule has 0 radical (unpaired) electrons. The van der Waals surface area contributed by atoms with Crippen LogP contribution in [-0.2, 0) is 9.59 Å². The molecule has 1 aromatic carbocycles. The van der Waals surface area contributed by atoms with E-state index in [4.69, 9.17) is 0 Å². The Balaban J connectivity index is 2.26. The second-order valence-electron chi connectivity index (χ2n) is 6.54. The molecule has 5 nitrogen and oxygen atoms in total. The van der Waals surface area contributed by atoms with Gasteiger partial charge in [-0.05, 0) is 38.8 Å². The van der Waals surface area contributed by atoms with E-state index >= 15 is 0 Å². The molecular weight excluding hydrogens is 290 g/mol. The number of anilines is 2. The quantitative estimate of drug-likeness (QED) is 0.878. The van der Waals surface area contributed by atoms with Gasteiger partial charge in [0.2, 0.25) is 5.91 Å². The van der Waals surface area contributed by atoms with Crippen molar-refractivity contribution in [3.05, 3.63) is 24.3 Å². The Labute approximate surface area is 138 Å². The minimum atomic E-state index is -0.713. The number of fused-ring (bicyclic) bond motifs is 1. The number of nitrogens with one attached hydrogen (secondary N) is 1. The standard InChI is InChI=1S/C18H27N3O2/c1-5-11-20(12-6-2)16(22)13-21-15-10-8-7-9-14(15)19-18(3,4)17(21)23/h7-10,19H,5-6,11-13H2,1-4H3. The zero-order valence-corrected chi connectivity index (χ0v) is 14.6. The van der Waals surface area contributed by atoms with Gasteiger partial charge in [0, 0.05) is 13.1 Å². The van der Waals surface area contributed by atoms with Gasteiger partial charge < -0.3 is 10.2 Å². The van der Waals surface area contributed by atoms with Gasteiger partial charge in [-0.1, -0.05) is 26.0 Å². The van der Waals surface area contributed by atoms with Gasteiger partial charge in [-0.25, -0.2) is 0 Å². The summed E-state index contributed by atoms with van der Waals surface area (Å²) < 4.78 is 0. The Morgan fingerprint density at radius 2 is 1.78 bits per heavy atom. The van der Waals surface area contributed by atoms with Gasteiger partial charge in [0.15, 0.2) is 0 Å². The molecule has 126 valence electrons. The van der Waals surface area contributed by atoms with E-state index < -0.39 is 5.54 Å². The first-order chi connectivity index (χ1) is 10.9. The number of benzene rings is 1. The third-order valence-corrected chi connectivity index (χ3v) is 4.05. The van der Waals surface area contributed by atoms with Crippen LogP contribution in [0.25, 0.3) is 0 Å². The van der Waals surface area contributed by atoms with E-state index in [0.29, 0.717) is 0 Å². The molecule has 0 saturated carbocycles. The van der Waals surface area contributed by atoms with Gasteiger partial charge in [-0.15, -0.1) is 0 Å².